The third kappa shape index (κ3) is 11.4. The van der Waals surface area contributed by atoms with Crippen LogP contribution in [0, 0.1) is 7.14 Å². The lowest BCUT2D eigenvalue weighted by Gasteiger charge is -2.38. The molecule has 0 saturated carbocycles. The number of carbonyl (C=O) groups is 1. The van der Waals surface area contributed by atoms with Gasteiger partial charge in [0, 0.05) is 17.4 Å². The number of fused-ring (bicyclic) bond motifs is 1. The molecule has 0 fully saturated rings. The SMILES string of the molecule is CCCCc1oc2ccccc2c1C(=O)c1cc(I)c(OCC[N+](CC)(CC)COP(=O)(OC(C)(C)C)OC(C)(C)C)c(I)c1.[Cl-]. The second kappa shape index (κ2) is 17.3. The first-order chi connectivity index (χ1) is 21.0. The summed E-state index contributed by atoms with van der Waals surface area (Å²) in [7, 11) is -3.85. The van der Waals surface area contributed by atoms with E-state index in [1.807, 2.05) is 77.9 Å². The largest absolute Gasteiger partial charge is 1.00 e. The predicted molar refractivity (Wildman–Crippen MR) is 197 cm³/mol. The van der Waals surface area contributed by atoms with Crippen LogP contribution in [0.3, 0.4) is 0 Å². The van der Waals surface area contributed by atoms with Crippen LogP contribution in [-0.2, 0) is 24.6 Å². The number of halogens is 3. The Kier molecular flexibility index (Phi) is 15.6. The van der Waals surface area contributed by atoms with Crippen LogP contribution >= 0.6 is 53.0 Å². The Bertz CT molecular complexity index is 1470. The number of ketones is 1. The highest BCUT2D eigenvalue weighted by atomic mass is 127. The number of rotatable bonds is 16. The molecule has 0 spiro atoms. The number of carbonyl (C=O) groups excluding carboxylic acids is 1. The van der Waals surface area contributed by atoms with Crippen molar-refractivity contribution < 1.29 is 49.0 Å². The normalized spacial score (nSPS) is 12.8. The van der Waals surface area contributed by atoms with Gasteiger partial charge in [-0.05, 0) is 125 Å². The maximum Gasteiger partial charge on any atom is 0.480 e. The van der Waals surface area contributed by atoms with Crippen LogP contribution in [0.4, 0.5) is 0 Å². The number of benzene rings is 2. The zero-order valence-corrected chi connectivity index (χ0v) is 34.5. The molecule has 12 heteroatoms. The topological polar surface area (TPSA) is 84.2 Å². The van der Waals surface area contributed by atoms with Crippen LogP contribution in [0.2, 0.25) is 0 Å². The maximum absolute atomic E-state index is 13.9. The summed E-state index contributed by atoms with van der Waals surface area (Å²) in [5.41, 5.74) is 0.575. The van der Waals surface area contributed by atoms with Crippen molar-refractivity contribution in [3.8, 4) is 5.75 Å². The molecule has 0 amide bonds. The summed E-state index contributed by atoms with van der Waals surface area (Å²) in [6, 6.07) is 11.5. The first-order valence-corrected chi connectivity index (χ1v) is 19.3. The van der Waals surface area contributed by atoms with E-state index in [2.05, 4.69) is 66.0 Å². The Morgan fingerprint density at radius 3 is 2.02 bits per heavy atom. The van der Waals surface area contributed by atoms with Gasteiger partial charge in [-0.2, -0.15) is 0 Å². The number of quaternary nitrogens is 1. The summed E-state index contributed by atoms with van der Waals surface area (Å²) in [6.07, 6.45) is 2.69. The molecule has 0 unspecified atom stereocenters. The van der Waals surface area contributed by atoms with Gasteiger partial charge < -0.3 is 21.6 Å². The van der Waals surface area contributed by atoms with E-state index in [4.69, 9.17) is 22.7 Å². The third-order valence-electron chi connectivity index (χ3n) is 7.33. The monoisotopic (exact) mass is 903 g/mol. The van der Waals surface area contributed by atoms with Crippen molar-refractivity contribution in [2.75, 3.05) is 33.0 Å². The molecule has 0 aliphatic carbocycles. The van der Waals surface area contributed by atoms with Crippen LogP contribution in [-0.4, -0.2) is 54.4 Å². The molecule has 2 aromatic carbocycles. The number of para-hydroxylation sites is 1. The van der Waals surface area contributed by atoms with Crippen LogP contribution in [0.1, 0.15) is 96.8 Å². The number of phosphoric ester groups is 1. The minimum absolute atomic E-state index is 0. The molecule has 0 saturated heterocycles. The summed E-state index contributed by atoms with van der Waals surface area (Å²) >= 11 is 4.48. The smallest absolute Gasteiger partial charge is 0.480 e. The second-order valence-electron chi connectivity index (χ2n) is 13.3. The average Bonchev–Trinajstić information content (AvgIpc) is 3.31. The van der Waals surface area contributed by atoms with Crippen molar-refractivity contribution in [1.82, 2.24) is 0 Å². The van der Waals surface area contributed by atoms with Crippen molar-refractivity contribution in [3.63, 3.8) is 0 Å². The molecule has 46 heavy (non-hydrogen) atoms. The highest BCUT2D eigenvalue weighted by molar-refractivity contribution is 14.1. The Labute approximate surface area is 308 Å². The Morgan fingerprint density at radius 2 is 1.50 bits per heavy atom. The fourth-order valence-corrected chi connectivity index (χ4v) is 8.85. The first kappa shape index (κ1) is 41.4. The van der Waals surface area contributed by atoms with Crippen molar-refractivity contribution in [1.29, 1.82) is 0 Å². The summed E-state index contributed by atoms with van der Waals surface area (Å²) < 4.78 is 46.0. The minimum Gasteiger partial charge on any atom is -1.00 e. The average molecular weight is 904 g/mol. The van der Waals surface area contributed by atoms with Gasteiger partial charge in [0.15, 0.2) is 12.5 Å². The van der Waals surface area contributed by atoms with Crippen molar-refractivity contribution in [3.05, 3.63) is 60.4 Å². The number of hydrogen-bond acceptors (Lipinski definition) is 7. The van der Waals surface area contributed by atoms with Gasteiger partial charge in [0.2, 0.25) is 0 Å². The fourth-order valence-electron chi connectivity index (χ4n) is 4.90. The minimum atomic E-state index is -3.85. The highest BCUT2D eigenvalue weighted by Crippen LogP contribution is 2.55. The van der Waals surface area contributed by atoms with Gasteiger partial charge in [0.25, 0.3) is 0 Å². The zero-order chi connectivity index (χ0) is 33.6. The number of furan rings is 1. The van der Waals surface area contributed by atoms with Crippen LogP contribution < -0.4 is 17.1 Å². The van der Waals surface area contributed by atoms with Crippen LogP contribution in [0.25, 0.3) is 11.0 Å². The number of hydrogen-bond donors (Lipinski definition) is 0. The van der Waals surface area contributed by atoms with Crippen LogP contribution in [0.15, 0.2) is 40.8 Å². The molecular weight excluding hydrogens is 855 g/mol. The second-order valence-corrected chi connectivity index (χ2v) is 17.1. The van der Waals surface area contributed by atoms with E-state index in [1.165, 1.54) is 0 Å². The molecule has 1 heterocycles. The molecule has 0 aliphatic heterocycles. The molecule has 1 aromatic heterocycles. The molecule has 3 rings (SSSR count). The lowest BCUT2D eigenvalue weighted by Crippen LogP contribution is -3.00. The van der Waals surface area contributed by atoms with E-state index >= 15 is 0 Å². The number of nitrogens with zero attached hydrogens (tertiary/aromatic N) is 1. The Balaban J connectivity index is 0.00000736. The molecule has 0 atom stereocenters. The van der Waals surface area contributed by atoms with E-state index < -0.39 is 19.0 Å². The maximum atomic E-state index is 13.9. The number of phosphoric acid groups is 1. The lowest BCUT2D eigenvalue weighted by molar-refractivity contribution is -0.939. The quantitative estimate of drug-likeness (QED) is 0.0496. The number of unbranched alkanes of at least 4 members (excludes halogenated alkanes) is 1. The van der Waals surface area contributed by atoms with Gasteiger partial charge in [0.1, 0.15) is 30.2 Å². The standard InChI is InChI=1S/C34H49I2NO7P.ClH/c1-10-13-17-29-30(25-16-14-15-18-28(25)42-29)31(38)24-21-26(35)32(27(36)22-24)40-20-19-37(11-2,12-3)23-41-45(39,43-33(4,5)6)44-34(7,8)9;/h14-16,18,21-22H,10-13,17,19-20,23H2,1-9H3;1H/q+1;/p-1. The third-order valence-corrected chi connectivity index (χ3v) is 10.9. The molecule has 0 bridgehead atoms. The molecule has 8 nitrogen and oxygen atoms in total. The summed E-state index contributed by atoms with van der Waals surface area (Å²) in [5.74, 6) is 1.44. The zero-order valence-electron chi connectivity index (χ0n) is 28.5. The summed E-state index contributed by atoms with van der Waals surface area (Å²) in [6.45, 7) is 19.9. The number of likely N-dealkylation sites (N-methyl/N-ethyl adjacent to an activating group) is 1. The van der Waals surface area contributed by atoms with E-state index in [-0.39, 0.29) is 24.9 Å². The van der Waals surface area contributed by atoms with Gasteiger partial charge in [0.05, 0.1) is 37.0 Å². The summed E-state index contributed by atoms with van der Waals surface area (Å²) in [4.78, 5) is 13.9. The highest BCUT2D eigenvalue weighted by Gasteiger charge is 2.40. The number of ether oxygens (including phenoxy) is 1. The van der Waals surface area contributed by atoms with Gasteiger partial charge in [-0.1, -0.05) is 31.5 Å². The van der Waals surface area contributed by atoms with Gasteiger partial charge in [-0.3, -0.25) is 18.3 Å². The molecule has 258 valence electrons. The van der Waals surface area contributed by atoms with E-state index in [0.717, 1.165) is 62.0 Å². The lowest BCUT2D eigenvalue weighted by atomic mass is 9.98. The molecular formula is C34H49ClI2NO7P. The van der Waals surface area contributed by atoms with Gasteiger partial charge in [-0.15, -0.1) is 0 Å². The van der Waals surface area contributed by atoms with E-state index in [9.17, 15) is 9.36 Å². The summed E-state index contributed by atoms with van der Waals surface area (Å²) in [5, 5.41) is 0.847. The fraction of sp³-hybridized carbons (Fsp3) is 0.559. The number of aryl methyl sites for hydroxylation is 1. The molecule has 3 aromatic rings. The van der Waals surface area contributed by atoms with Gasteiger partial charge >= 0.3 is 7.82 Å². The predicted octanol–water partition coefficient (Wildman–Crippen LogP) is 7.17. The van der Waals surface area contributed by atoms with Crippen molar-refractivity contribution in [2.45, 2.75) is 92.8 Å². The van der Waals surface area contributed by atoms with Gasteiger partial charge in [-0.25, -0.2) is 9.09 Å². The Hall–Kier alpha value is -0.730. The first-order valence-electron chi connectivity index (χ1n) is 15.6. The van der Waals surface area contributed by atoms with E-state index in [1.54, 1.807) is 0 Å². The van der Waals surface area contributed by atoms with E-state index in [0.29, 0.717) is 28.8 Å². The molecule has 0 aliphatic rings. The Morgan fingerprint density at radius 1 is 0.935 bits per heavy atom. The molecule has 0 radical (unpaired) electrons. The van der Waals surface area contributed by atoms with Crippen LogP contribution in [0.5, 0.6) is 5.75 Å². The van der Waals surface area contributed by atoms with Crippen molar-refractivity contribution in [2.24, 2.45) is 0 Å². The molecule has 0 N–H and O–H groups in total. The van der Waals surface area contributed by atoms with Crippen molar-refractivity contribution >= 4 is 69.8 Å².